The number of carbonyl (C=O) groups excluding carboxylic acids is 1. The summed E-state index contributed by atoms with van der Waals surface area (Å²) in [7, 11) is 1.81. The standard InChI is InChI=1S/C12H20N2O2S/c1-14(7-8-5-9(15)6-8)11(16)12(10(13)17)3-2-4-12/h8-9,15H,2-7H2,1H3,(H2,13,17). The fraction of sp³-hybridized carbons (Fsp3) is 0.833. The van der Waals surface area contributed by atoms with Crippen molar-refractivity contribution in [1.29, 1.82) is 0 Å². The molecule has 2 rings (SSSR count). The molecule has 2 saturated carbocycles. The van der Waals surface area contributed by atoms with Gasteiger partial charge in [-0.15, -0.1) is 0 Å². The van der Waals surface area contributed by atoms with Gasteiger partial charge in [-0.1, -0.05) is 18.6 Å². The monoisotopic (exact) mass is 256 g/mol. The van der Waals surface area contributed by atoms with Crippen LogP contribution in [0.4, 0.5) is 0 Å². The zero-order chi connectivity index (χ0) is 12.6. The molecule has 5 heteroatoms. The lowest BCUT2D eigenvalue weighted by atomic mass is 9.67. The minimum Gasteiger partial charge on any atom is -0.393 e. The first-order chi connectivity index (χ1) is 7.95. The Morgan fingerprint density at radius 3 is 2.47 bits per heavy atom. The van der Waals surface area contributed by atoms with Crippen LogP contribution in [0.15, 0.2) is 0 Å². The molecule has 0 spiro atoms. The van der Waals surface area contributed by atoms with Crippen LogP contribution in [0.2, 0.25) is 0 Å². The van der Waals surface area contributed by atoms with Crippen LogP contribution in [-0.2, 0) is 4.79 Å². The van der Waals surface area contributed by atoms with E-state index in [0.29, 0.717) is 17.5 Å². The molecule has 0 saturated heterocycles. The van der Waals surface area contributed by atoms with Crippen molar-refractivity contribution in [1.82, 2.24) is 4.90 Å². The minimum atomic E-state index is -0.563. The zero-order valence-electron chi connectivity index (χ0n) is 10.2. The second-order valence-electron chi connectivity index (χ2n) is 5.48. The van der Waals surface area contributed by atoms with Gasteiger partial charge in [-0.2, -0.15) is 0 Å². The van der Waals surface area contributed by atoms with Gasteiger partial charge in [0.15, 0.2) is 0 Å². The quantitative estimate of drug-likeness (QED) is 0.726. The molecule has 0 aromatic rings. The van der Waals surface area contributed by atoms with Gasteiger partial charge < -0.3 is 15.7 Å². The summed E-state index contributed by atoms with van der Waals surface area (Å²) in [6, 6.07) is 0. The van der Waals surface area contributed by atoms with Crippen molar-refractivity contribution in [2.75, 3.05) is 13.6 Å². The Hall–Kier alpha value is -0.680. The Labute approximate surface area is 107 Å². The molecule has 17 heavy (non-hydrogen) atoms. The van der Waals surface area contributed by atoms with Gasteiger partial charge in [-0.05, 0) is 31.6 Å². The van der Waals surface area contributed by atoms with E-state index in [2.05, 4.69) is 0 Å². The summed E-state index contributed by atoms with van der Waals surface area (Å²) in [5.74, 6) is 0.500. The molecule has 0 aliphatic heterocycles. The van der Waals surface area contributed by atoms with E-state index in [1.807, 2.05) is 7.05 Å². The van der Waals surface area contributed by atoms with Crippen LogP contribution in [0.3, 0.4) is 0 Å². The predicted molar refractivity (Wildman–Crippen MR) is 69.4 cm³/mol. The number of thiocarbonyl (C=S) groups is 1. The lowest BCUT2D eigenvalue weighted by Gasteiger charge is -2.43. The molecule has 3 N–H and O–H groups in total. The van der Waals surface area contributed by atoms with Gasteiger partial charge in [0.1, 0.15) is 0 Å². The van der Waals surface area contributed by atoms with Crippen molar-refractivity contribution in [2.45, 2.75) is 38.2 Å². The smallest absolute Gasteiger partial charge is 0.235 e. The molecule has 0 unspecified atom stereocenters. The highest BCUT2D eigenvalue weighted by atomic mass is 32.1. The van der Waals surface area contributed by atoms with E-state index in [1.165, 1.54) is 0 Å². The number of aliphatic hydroxyl groups is 1. The van der Waals surface area contributed by atoms with Crippen LogP contribution in [0.5, 0.6) is 0 Å². The summed E-state index contributed by atoms with van der Waals surface area (Å²) in [5, 5.41) is 9.23. The number of aliphatic hydroxyl groups excluding tert-OH is 1. The molecular weight excluding hydrogens is 236 g/mol. The zero-order valence-corrected chi connectivity index (χ0v) is 11.0. The van der Waals surface area contributed by atoms with Gasteiger partial charge in [-0.3, -0.25) is 4.79 Å². The summed E-state index contributed by atoms with van der Waals surface area (Å²) in [6.07, 6.45) is 4.04. The maximum Gasteiger partial charge on any atom is 0.235 e. The number of amides is 1. The molecule has 0 radical (unpaired) electrons. The van der Waals surface area contributed by atoms with E-state index in [0.717, 1.165) is 32.1 Å². The topological polar surface area (TPSA) is 66.6 Å². The highest BCUT2D eigenvalue weighted by Gasteiger charge is 2.48. The van der Waals surface area contributed by atoms with Gasteiger partial charge in [0.25, 0.3) is 0 Å². The van der Waals surface area contributed by atoms with Gasteiger partial charge in [0, 0.05) is 13.6 Å². The summed E-state index contributed by atoms with van der Waals surface area (Å²) in [5.41, 5.74) is 5.15. The number of hydrogen-bond donors (Lipinski definition) is 2. The third-order valence-electron chi connectivity index (χ3n) is 4.18. The highest BCUT2D eigenvalue weighted by Crippen LogP contribution is 2.43. The molecule has 0 aromatic carbocycles. The third kappa shape index (κ3) is 2.18. The first-order valence-corrected chi connectivity index (χ1v) is 6.60. The van der Waals surface area contributed by atoms with E-state index < -0.39 is 5.41 Å². The van der Waals surface area contributed by atoms with E-state index in [4.69, 9.17) is 18.0 Å². The summed E-state index contributed by atoms with van der Waals surface area (Å²) in [4.78, 5) is 14.4. The fourth-order valence-electron chi connectivity index (χ4n) is 2.78. The van der Waals surface area contributed by atoms with Crippen molar-refractivity contribution in [3.8, 4) is 0 Å². The molecule has 2 aliphatic carbocycles. The maximum atomic E-state index is 12.3. The molecular formula is C12H20N2O2S. The summed E-state index contributed by atoms with van der Waals surface area (Å²) in [6.45, 7) is 0.709. The van der Waals surface area contributed by atoms with Crippen LogP contribution in [0, 0.1) is 11.3 Å². The number of nitrogens with zero attached hydrogens (tertiary/aromatic N) is 1. The first-order valence-electron chi connectivity index (χ1n) is 6.19. The normalized spacial score (nSPS) is 30.0. The maximum absolute atomic E-state index is 12.3. The van der Waals surface area contributed by atoms with Gasteiger partial charge in [-0.25, -0.2) is 0 Å². The summed E-state index contributed by atoms with van der Waals surface area (Å²) < 4.78 is 0. The Morgan fingerprint density at radius 2 is 2.12 bits per heavy atom. The number of carbonyl (C=O) groups is 1. The van der Waals surface area contributed by atoms with Gasteiger partial charge >= 0.3 is 0 Å². The molecule has 0 atom stereocenters. The van der Waals surface area contributed by atoms with Gasteiger partial charge in [0.2, 0.25) is 5.91 Å². The number of hydrogen-bond acceptors (Lipinski definition) is 3. The van der Waals surface area contributed by atoms with E-state index in [1.54, 1.807) is 4.90 Å². The molecule has 1 amide bonds. The van der Waals surface area contributed by atoms with Crippen LogP contribution in [0.25, 0.3) is 0 Å². The molecule has 4 nitrogen and oxygen atoms in total. The lowest BCUT2D eigenvalue weighted by Crippen LogP contribution is -2.54. The average Bonchev–Trinajstić information content (AvgIpc) is 2.12. The first kappa shape index (κ1) is 12.8. The SMILES string of the molecule is CN(CC1CC(O)C1)C(=O)C1(C(N)=S)CCC1. The van der Waals surface area contributed by atoms with E-state index >= 15 is 0 Å². The molecule has 0 aromatic heterocycles. The molecule has 0 heterocycles. The van der Waals surface area contributed by atoms with E-state index in [9.17, 15) is 9.90 Å². The van der Waals surface area contributed by atoms with Crippen molar-refractivity contribution < 1.29 is 9.90 Å². The minimum absolute atomic E-state index is 0.0673. The summed E-state index contributed by atoms with van der Waals surface area (Å²) >= 11 is 5.04. The Morgan fingerprint density at radius 1 is 1.53 bits per heavy atom. The van der Waals surface area contributed by atoms with Crippen LogP contribution in [0.1, 0.15) is 32.1 Å². The van der Waals surface area contributed by atoms with Crippen molar-refractivity contribution >= 4 is 23.1 Å². The Balaban J connectivity index is 1.92. The molecule has 0 bridgehead atoms. The fourth-order valence-corrected chi connectivity index (χ4v) is 3.07. The largest absolute Gasteiger partial charge is 0.393 e. The van der Waals surface area contributed by atoms with Crippen molar-refractivity contribution in [2.24, 2.45) is 17.1 Å². The Bertz CT molecular complexity index is 335. The van der Waals surface area contributed by atoms with Gasteiger partial charge in [0.05, 0.1) is 16.5 Å². The third-order valence-corrected chi connectivity index (χ3v) is 4.57. The second-order valence-corrected chi connectivity index (χ2v) is 5.92. The Kier molecular flexibility index (Phi) is 3.41. The second kappa shape index (κ2) is 4.53. The van der Waals surface area contributed by atoms with Crippen molar-refractivity contribution in [3.63, 3.8) is 0 Å². The molecule has 96 valence electrons. The van der Waals surface area contributed by atoms with Crippen molar-refractivity contribution in [3.05, 3.63) is 0 Å². The lowest BCUT2D eigenvalue weighted by molar-refractivity contribution is -0.142. The molecule has 2 aliphatic rings. The highest BCUT2D eigenvalue weighted by molar-refractivity contribution is 7.80. The van der Waals surface area contributed by atoms with Crippen LogP contribution in [-0.4, -0.2) is 40.6 Å². The van der Waals surface area contributed by atoms with Crippen LogP contribution < -0.4 is 5.73 Å². The predicted octanol–water partition coefficient (Wildman–Crippen LogP) is 0.672. The number of nitrogens with two attached hydrogens (primary N) is 1. The van der Waals surface area contributed by atoms with E-state index in [-0.39, 0.29) is 12.0 Å². The number of rotatable bonds is 4. The average molecular weight is 256 g/mol. The van der Waals surface area contributed by atoms with Crippen LogP contribution >= 0.6 is 12.2 Å². The molecule has 2 fully saturated rings.